The van der Waals surface area contributed by atoms with Crippen LogP contribution in [0.1, 0.15) is 55.2 Å². The molecule has 186 valence electrons. The Labute approximate surface area is 213 Å². The number of piperidine rings is 1. The summed E-state index contributed by atoms with van der Waals surface area (Å²) in [6.45, 7) is 5.77. The number of benzene rings is 3. The number of oxazole rings is 1. The lowest BCUT2D eigenvalue weighted by Crippen LogP contribution is -2.33. The van der Waals surface area contributed by atoms with E-state index in [0.717, 1.165) is 49.0 Å². The topological polar surface area (TPSA) is 63.4 Å². The van der Waals surface area contributed by atoms with E-state index in [1.54, 1.807) is 12.1 Å². The standard InChI is InChI=1S/C30H32N2O3S/c1-3-23-14-16-26(17-15-23)36(33,34)29-30(32-20-18-22(2)19-21-32)35-28(31-29)27(24-10-6-4-7-11-24)25-12-8-5-9-13-25/h4-17,22,27H,3,18-21H2,1-2H3. The van der Waals surface area contributed by atoms with Gasteiger partial charge < -0.3 is 9.32 Å². The average Bonchev–Trinajstić information content (AvgIpc) is 3.36. The van der Waals surface area contributed by atoms with Crippen molar-refractivity contribution in [1.82, 2.24) is 4.98 Å². The molecule has 0 saturated carbocycles. The molecule has 0 N–H and O–H groups in total. The molecule has 1 aromatic heterocycles. The smallest absolute Gasteiger partial charge is 0.236 e. The van der Waals surface area contributed by atoms with E-state index in [1.807, 2.05) is 72.8 Å². The van der Waals surface area contributed by atoms with Crippen molar-refractivity contribution >= 4 is 15.7 Å². The molecule has 1 fully saturated rings. The van der Waals surface area contributed by atoms with Gasteiger partial charge in [0.05, 0.1) is 10.8 Å². The van der Waals surface area contributed by atoms with Crippen LogP contribution in [0.25, 0.3) is 0 Å². The number of nitrogens with zero attached hydrogens (tertiary/aromatic N) is 2. The zero-order valence-corrected chi connectivity index (χ0v) is 21.6. The van der Waals surface area contributed by atoms with Gasteiger partial charge in [-0.15, -0.1) is 0 Å². The molecule has 6 heteroatoms. The molecule has 0 bridgehead atoms. The second kappa shape index (κ2) is 10.3. The molecular weight excluding hydrogens is 468 g/mol. The number of anilines is 1. The van der Waals surface area contributed by atoms with Gasteiger partial charge in [-0.05, 0) is 54.0 Å². The highest BCUT2D eigenvalue weighted by molar-refractivity contribution is 7.91. The van der Waals surface area contributed by atoms with Gasteiger partial charge in [0.1, 0.15) is 0 Å². The molecule has 2 heterocycles. The second-order valence-corrected chi connectivity index (χ2v) is 11.5. The molecule has 5 nitrogen and oxygen atoms in total. The lowest BCUT2D eigenvalue weighted by atomic mass is 9.91. The Kier molecular flexibility index (Phi) is 6.97. The molecule has 1 aliphatic rings. The van der Waals surface area contributed by atoms with E-state index >= 15 is 0 Å². The van der Waals surface area contributed by atoms with Gasteiger partial charge in [0, 0.05) is 13.1 Å². The van der Waals surface area contributed by atoms with E-state index in [4.69, 9.17) is 9.40 Å². The maximum absolute atomic E-state index is 13.9. The van der Waals surface area contributed by atoms with Crippen molar-refractivity contribution in [2.75, 3.05) is 18.0 Å². The molecule has 0 unspecified atom stereocenters. The maximum Gasteiger partial charge on any atom is 0.236 e. The van der Waals surface area contributed by atoms with Crippen LogP contribution in [-0.4, -0.2) is 26.5 Å². The fourth-order valence-corrected chi connectivity index (χ4v) is 6.14. The zero-order valence-electron chi connectivity index (χ0n) is 20.8. The van der Waals surface area contributed by atoms with E-state index in [2.05, 4.69) is 18.7 Å². The second-order valence-electron chi connectivity index (χ2n) is 9.59. The summed E-state index contributed by atoms with van der Waals surface area (Å²) >= 11 is 0. The predicted octanol–water partition coefficient (Wildman–Crippen LogP) is 6.49. The third-order valence-electron chi connectivity index (χ3n) is 7.08. The summed E-state index contributed by atoms with van der Waals surface area (Å²) in [5.74, 6) is 1.03. The van der Waals surface area contributed by atoms with Gasteiger partial charge in [-0.2, -0.15) is 4.98 Å². The maximum atomic E-state index is 13.9. The van der Waals surface area contributed by atoms with Crippen molar-refractivity contribution in [2.45, 2.75) is 48.9 Å². The largest absolute Gasteiger partial charge is 0.423 e. The summed E-state index contributed by atoms with van der Waals surface area (Å²) in [5, 5.41) is 0.00756. The van der Waals surface area contributed by atoms with Crippen molar-refractivity contribution in [3.05, 3.63) is 108 Å². The molecule has 0 amide bonds. The molecule has 0 atom stereocenters. The van der Waals surface area contributed by atoms with Gasteiger partial charge >= 0.3 is 0 Å². The minimum absolute atomic E-state index is 0.00756. The first-order valence-electron chi connectivity index (χ1n) is 12.7. The van der Waals surface area contributed by atoms with Gasteiger partial charge in [0.15, 0.2) is 0 Å². The van der Waals surface area contributed by atoms with Crippen LogP contribution in [-0.2, 0) is 16.3 Å². The minimum Gasteiger partial charge on any atom is -0.423 e. The summed E-state index contributed by atoms with van der Waals surface area (Å²) in [5.41, 5.74) is 3.09. The summed E-state index contributed by atoms with van der Waals surface area (Å²) < 4.78 is 34.3. The van der Waals surface area contributed by atoms with E-state index in [1.165, 1.54) is 0 Å². The summed E-state index contributed by atoms with van der Waals surface area (Å²) in [6, 6.07) is 27.1. The molecule has 36 heavy (non-hydrogen) atoms. The molecule has 0 spiro atoms. The Morgan fingerprint density at radius 2 is 1.44 bits per heavy atom. The molecule has 1 saturated heterocycles. The third kappa shape index (κ3) is 4.82. The summed E-state index contributed by atoms with van der Waals surface area (Å²) in [4.78, 5) is 7.04. The van der Waals surface area contributed by atoms with E-state index in [-0.39, 0.29) is 15.8 Å². The van der Waals surface area contributed by atoms with E-state index in [9.17, 15) is 8.42 Å². The Hall–Kier alpha value is -3.38. The van der Waals surface area contributed by atoms with Gasteiger partial charge in [-0.1, -0.05) is 86.6 Å². The van der Waals surface area contributed by atoms with Crippen LogP contribution in [0.4, 0.5) is 5.88 Å². The Bertz CT molecular complexity index is 1350. The van der Waals surface area contributed by atoms with Crippen LogP contribution < -0.4 is 4.90 Å². The monoisotopic (exact) mass is 500 g/mol. The van der Waals surface area contributed by atoms with Crippen LogP contribution in [0.5, 0.6) is 0 Å². The van der Waals surface area contributed by atoms with E-state index < -0.39 is 9.84 Å². The summed E-state index contributed by atoms with van der Waals surface area (Å²) in [6.07, 6.45) is 2.82. The molecular formula is C30H32N2O3S. The normalized spacial score (nSPS) is 14.9. The van der Waals surface area contributed by atoms with Gasteiger partial charge in [-0.3, -0.25) is 0 Å². The number of aryl methyl sites for hydroxylation is 1. The van der Waals surface area contributed by atoms with Gasteiger partial charge in [0.25, 0.3) is 0 Å². The first-order chi connectivity index (χ1) is 17.5. The lowest BCUT2D eigenvalue weighted by Gasteiger charge is -2.30. The fraction of sp³-hybridized carbons (Fsp3) is 0.300. The van der Waals surface area contributed by atoms with Crippen LogP contribution in [0.3, 0.4) is 0 Å². The number of sulfone groups is 1. The van der Waals surface area contributed by atoms with Crippen LogP contribution >= 0.6 is 0 Å². The molecule has 3 aromatic carbocycles. The van der Waals surface area contributed by atoms with Crippen molar-refractivity contribution in [2.24, 2.45) is 5.92 Å². The molecule has 0 radical (unpaired) electrons. The van der Waals surface area contributed by atoms with Gasteiger partial charge in [0.2, 0.25) is 26.6 Å². The molecule has 5 rings (SSSR count). The van der Waals surface area contributed by atoms with Crippen LogP contribution in [0, 0.1) is 5.92 Å². The minimum atomic E-state index is -3.88. The van der Waals surface area contributed by atoms with Gasteiger partial charge in [-0.25, -0.2) is 8.42 Å². The Morgan fingerprint density at radius 1 is 0.889 bits per heavy atom. The predicted molar refractivity (Wildman–Crippen MR) is 142 cm³/mol. The average molecular weight is 501 g/mol. The summed E-state index contributed by atoms with van der Waals surface area (Å²) in [7, 11) is -3.88. The number of rotatable bonds is 7. The SMILES string of the molecule is CCc1ccc(S(=O)(=O)c2nc(C(c3ccccc3)c3ccccc3)oc2N2CCC(C)CC2)cc1. The first-order valence-corrected chi connectivity index (χ1v) is 14.1. The molecule has 0 aliphatic carbocycles. The van der Waals surface area contributed by atoms with Crippen molar-refractivity contribution < 1.29 is 12.8 Å². The molecule has 4 aromatic rings. The first kappa shape index (κ1) is 24.3. The highest BCUT2D eigenvalue weighted by Gasteiger charge is 2.35. The van der Waals surface area contributed by atoms with Crippen molar-refractivity contribution in [3.8, 4) is 0 Å². The fourth-order valence-electron chi connectivity index (χ4n) is 4.81. The number of hydrogen-bond acceptors (Lipinski definition) is 5. The Balaban J connectivity index is 1.66. The highest BCUT2D eigenvalue weighted by atomic mass is 32.2. The lowest BCUT2D eigenvalue weighted by molar-refractivity contribution is 0.405. The zero-order chi connectivity index (χ0) is 25.1. The number of aromatic nitrogens is 1. The quantitative estimate of drug-likeness (QED) is 0.290. The third-order valence-corrected chi connectivity index (χ3v) is 8.74. The highest BCUT2D eigenvalue weighted by Crippen LogP contribution is 2.39. The van der Waals surface area contributed by atoms with Crippen molar-refractivity contribution in [3.63, 3.8) is 0 Å². The number of hydrogen-bond donors (Lipinski definition) is 0. The Morgan fingerprint density at radius 3 is 1.97 bits per heavy atom. The van der Waals surface area contributed by atoms with Crippen molar-refractivity contribution in [1.29, 1.82) is 0 Å². The van der Waals surface area contributed by atoms with Crippen LogP contribution in [0.2, 0.25) is 0 Å². The van der Waals surface area contributed by atoms with Crippen LogP contribution in [0.15, 0.2) is 99.3 Å². The molecule has 1 aliphatic heterocycles. The van der Waals surface area contributed by atoms with E-state index in [0.29, 0.717) is 17.7 Å².